The lowest BCUT2D eigenvalue weighted by Crippen LogP contribution is -2.18. The first kappa shape index (κ1) is 16.2. The molecular formula is C13H20BrNO4. The Labute approximate surface area is 122 Å². The van der Waals surface area contributed by atoms with Gasteiger partial charge >= 0.3 is 0 Å². The molecule has 6 heteroatoms. The molecule has 0 atom stereocenters. The molecule has 0 aliphatic heterocycles. The van der Waals surface area contributed by atoms with E-state index in [1.165, 1.54) is 0 Å². The van der Waals surface area contributed by atoms with E-state index < -0.39 is 0 Å². The van der Waals surface area contributed by atoms with Gasteiger partial charge in [-0.15, -0.1) is 0 Å². The predicted molar refractivity (Wildman–Crippen MR) is 76.9 cm³/mol. The highest BCUT2D eigenvalue weighted by molar-refractivity contribution is 9.10. The quantitative estimate of drug-likeness (QED) is 0.672. The fraction of sp³-hybridized carbons (Fsp3) is 0.538. The van der Waals surface area contributed by atoms with Crippen LogP contribution >= 0.6 is 15.9 Å². The van der Waals surface area contributed by atoms with E-state index in [1.807, 2.05) is 12.1 Å². The summed E-state index contributed by atoms with van der Waals surface area (Å²) in [5, 5.41) is 12.1. The van der Waals surface area contributed by atoms with Gasteiger partial charge in [-0.1, -0.05) is 0 Å². The van der Waals surface area contributed by atoms with Crippen molar-refractivity contribution in [1.29, 1.82) is 0 Å². The van der Waals surface area contributed by atoms with Crippen molar-refractivity contribution in [2.24, 2.45) is 0 Å². The first-order chi connectivity index (χ1) is 9.22. The van der Waals surface area contributed by atoms with E-state index in [1.54, 1.807) is 14.2 Å². The summed E-state index contributed by atoms with van der Waals surface area (Å²) in [6, 6.07) is 3.88. The van der Waals surface area contributed by atoms with Crippen LogP contribution in [0.2, 0.25) is 0 Å². The third kappa shape index (κ3) is 5.36. The van der Waals surface area contributed by atoms with Crippen molar-refractivity contribution in [3.8, 4) is 11.5 Å². The first-order valence-corrected chi connectivity index (χ1v) is 6.82. The van der Waals surface area contributed by atoms with E-state index >= 15 is 0 Å². The number of rotatable bonds is 9. The molecule has 1 rings (SSSR count). The van der Waals surface area contributed by atoms with Crippen molar-refractivity contribution in [3.05, 3.63) is 22.2 Å². The lowest BCUT2D eigenvalue weighted by molar-refractivity contribution is 0.195. The average molecular weight is 334 g/mol. The van der Waals surface area contributed by atoms with Crippen molar-refractivity contribution < 1.29 is 19.3 Å². The molecule has 0 radical (unpaired) electrons. The van der Waals surface area contributed by atoms with Crippen LogP contribution in [0, 0.1) is 0 Å². The van der Waals surface area contributed by atoms with E-state index in [9.17, 15) is 0 Å². The van der Waals surface area contributed by atoms with Crippen LogP contribution in [-0.2, 0) is 11.3 Å². The standard InChI is InChI=1S/C13H20BrNO4/c1-17-5-3-15-9-10-7-11(14)13(19-6-4-16)12(8-10)18-2/h7-8,15-16H,3-6,9H2,1-2H3. The second-order valence-corrected chi connectivity index (χ2v) is 4.71. The van der Waals surface area contributed by atoms with Crippen molar-refractivity contribution in [2.75, 3.05) is 40.6 Å². The molecule has 0 unspecified atom stereocenters. The molecule has 0 spiro atoms. The largest absolute Gasteiger partial charge is 0.493 e. The summed E-state index contributed by atoms with van der Waals surface area (Å²) in [7, 11) is 3.27. The van der Waals surface area contributed by atoms with E-state index in [0.29, 0.717) is 18.1 Å². The Balaban J connectivity index is 2.71. The smallest absolute Gasteiger partial charge is 0.175 e. The Hall–Kier alpha value is -0.820. The maximum Gasteiger partial charge on any atom is 0.175 e. The molecule has 0 bridgehead atoms. The summed E-state index contributed by atoms with van der Waals surface area (Å²) in [4.78, 5) is 0. The van der Waals surface area contributed by atoms with Crippen molar-refractivity contribution in [2.45, 2.75) is 6.54 Å². The van der Waals surface area contributed by atoms with Gasteiger partial charge in [0.25, 0.3) is 0 Å². The van der Waals surface area contributed by atoms with E-state index in [0.717, 1.165) is 23.1 Å². The molecule has 0 saturated carbocycles. The molecule has 0 saturated heterocycles. The number of benzene rings is 1. The fourth-order valence-corrected chi connectivity index (χ4v) is 2.17. The molecular weight excluding hydrogens is 314 g/mol. The molecule has 0 aliphatic rings. The third-order valence-electron chi connectivity index (χ3n) is 2.44. The topological polar surface area (TPSA) is 60.0 Å². The number of aliphatic hydroxyl groups is 1. The van der Waals surface area contributed by atoms with E-state index in [4.69, 9.17) is 19.3 Å². The van der Waals surface area contributed by atoms with Crippen LogP contribution < -0.4 is 14.8 Å². The Bertz CT molecular complexity index is 387. The number of halogens is 1. The Morgan fingerprint density at radius 3 is 2.68 bits per heavy atom. The predicted octanol–water partition coefficient (Wildman–Crippen LogP) is 1.56. The van der Waals surface area contributed by atoms with Crippen LogP contribution in [0.3, 0.4) is 0 Å². The maximum atomic E-state index is 8.80. The summed E-state index contributed by atoms with van der Waals surface area (Å²) in [5.74, 6) is 1.25. The van der Waals surface area contributed by atoms with Crippen LogP contribution in [0.25, 0.3) is 0 Å². The number of aliphatic hydroxyl groups excluding tert-OH is 1. The monoisotopic (exact) mass is 333 g/mol. The minimum atomic E-state index is -0.0318. The van der Waals surface area contributed by atoms with Gasteiger partial charge < -0.3 is 24.6 Å². The number of methoxy groups -OCH3 is 2. The normalized spacial score (nSPS) is 10.5. The fourth-order valence-electron chi connectivity index (χ4n) is 1.57. The lowest BCUT2D eigenvalue weighted by atomic mass is 10.2. The van der Waals surface area contributed by atoms with Gasteiger partial charge in [0.2, 0.25) is 0 Å². The zero-order valence-corrected chi connectivity index (χ0v) is 12.8. The molecule has 2 N–H and O–H groups in total. The highest BCUT2D eigenvalue weighted by atomic mass is 79.9. The molecule has 5 nitrogen and oxygen atoms in total. The summed E-state index contributed by atoms with van der Waals surface area (Å²) < 4.78 is 16.5. The number of hydrogen-bond acceptors (Lipinski definition) is 5. The zero-order chi connectivity index (χ0) is 14.1. The molecule has 0 fully saturated rings. The summed E-state index contributed by atoms with van der Waals surface area (Å²) >= 11 is 3.45. The zero-order valence-electron chi connectivity index (χ0n) is 11.2. The van der Waals surface area contributed by atoms with Gasteiger partial charge in [0.05, 0.1) is 24.8 Å². The highest BCUT2D eigenvalue weighted by Gasteiger charge is 2.11. The van der Waals surface area contributed by atoms with Gasteiger partial charge in [-0.3, -0.25) is 0 Å². The lowest BCUT2D eigenvalue weighted by Gasteiger charge is -2.14. The van der Waals surface area contributed by atoms with Gasteiger partial charge in [0, 0.05) is 20.2 Å². The summed E-state index contributed by atoms with van der Waals surface area (Å²) in [6.07, 6.45) is 0. The highest BCUT2D eigenvalue weighted by Crippen LogP contribution is 2.36. The molecule has 0 aliphatic carbocycles. The van der Waals surface area contributed by atoms with E-state index in [2.05, 4.69) is 21.2 Å². The molecule has 0 aromatic heterocycles. The number of ether oxygens (including phenoxy) is 3. The van der Waals surface area contributed by atoms with Crippen molar-refractivity contribution in [3.63, 3.8) is 0 Å². The van der Waals surface area contributed by atoms with Crippen LogP contribution in [0.1, 0.15) is 5.56 Å². The van der Waals surface area contributed by atoms with Gasteiger partial charge in [-0.05, 0) is 33.6 Å². The first-order valence-electron chi connectivity index (χ1n) is 6.02. The number of hydrogen-bond donors (Lipinski definition) is 2. The second kappa shape index (κ2) is 9.14. The molecule has 1 aromatic rings. The van der Waals surface area contributed by atoms with Crippen molar-refractivity contribution in [1.82, 2.24) is 5.32 Å². The summed E-state index contributed by atoms with van der Waals surface area (Å²) in [6.45, 7) is 2.39. The molecule has 108 valence electrons. The van der Waals surface area contributed by atoms with Gasteiger partial charge in [0.15, 0.2) is 11.5 Å². The number of nitrogens with one attached hydrogen (secondary N) is 1. The Morgan fingerprint density at radius 2 is 2.05 bits per heavy atom. The Morgan fingerprint density at radius 1 is 1.26 bits per heavy atom. The maximum absolute atomic E-state index is 8.80. The molecule has 0 heterocycles. The molecule has 0 amide bonds. The van der Waals surface area contributed by atoms with Crippen LogP contribution in [0.5, 0.6) is 11.5 Å². The molecule has 19 heavy (non-hydrogen) atoms. The van der Waals surface area contributed by atoms with Gasteiger partial charge in [-0.2, -0.15) is 0 Å². The van der Waals surface area contributed by atoms with E-state index in [-0.39, 0.29) is 13.2 Å². The van der Waals surface area contributed by atoms with Crippen molar-refractivity contribution >= 4 is 15.9 Å². The third-order valence-corrected chi connectivity index (χ3v) is 3.03. The Kier molecular flexibility index (Phi) is 7.81. The van der Waals surface area contributed by atoms with Gasteiger partial charge in [0.1, 0.15) is 6.61 Å². The SMILES string of the molecule is COCCNCc1cc(Br)c(OCCO)c(OC)c1. The minimum Gasteiger partial charge on any atom is -0.493 e. The minimum absolute atomic E-state index is 0.0318. The average Bonchev–Trinajstić information content (AvgIpc) is 2.42. The van der Waals surface area contributed by atoms with Crippen LogP contribution in [0.4, 0.5) is 0 Å². The second-order valence-electron chi connectivity index (χ2n) is 3.85. The molecule has 1 aromatic carbocycles. The van der Waals surface area contributed by atoms with Gasteiger partial charge in [-0.25, -0.2) is 0 Å². The van der Waals surface area contributed by atoms with Crippen LogP contribution in [-0.4, -0.2) is 45.7 Å². The summed E-state index contributed by atoms with van der Waals surface area (Å²) in [5.41, 5.74) is 1.08. The van der Waals surface area contributed by atoms with Crippen LogP contribution in [0.15, 0.2) is 16.6 Å².